The Balaban J connectivity index is 2.50. The van der Waals surface area contributed by atoms with Crippen LogP contribution in [0.4, 0.5) is 5.69 Å². The minimum Gasteiger partial charge on any atom is -0.494 e. The van der Waals surface area contributed by atoms with Crippen LogP contribution in [0.25, 0.3) is 11.4 Å². The van der Waals surface area contributed by atoms with Crippen LogP contribution in [0.15, 0.2) is 18.2 Å². The molecule has 2 rings (SSSR count). The van der Waals surface area contributed by atoms with Crippen molar-refractivity contribution in [2.45, 2.75) is 33.2 Å². The highest BCUT2D eigenvalue weighted by atomic mass is 16.5. The molecule has 2 aromatic rings. The predicted octanol–water partition coefficient (Wildman–Crippen LogP) is 2.08. The summed E-state index contributed by atoms with van der Waals surface area (Å²) in [5, 5.41) is 11.9. The molecule has 2 N–H and O–H groups in total. The van der Waals surface area contributed by atoms with E-state index in [1.807, 2.05) is 39.8 Å². The molecule has 1 aromatic heterocycles. The molecular formula is C13H19N5O. The first-order valence-electron chi connectivity index (χ1n) is 6.24. The number of anilines is 1. The Bertz CT molecular complexity index is 571. The van der Waals surface area contributed by atoms with Gasteiger partial charge in [-0.05, 0) is 50.3 Å². The van der Waals surface area contributed by atoms with Crippen LogP contribution in [0.1, 0.15) is 27.7 Å². The fraction of sp³-hybridized carbons (Fsp3) is 0.462. The highest BCUT2D eigenvalue weighted by Gasteiger charge is 2.21. The number of rotatable bonds is 3. The van der Waals surface area contributed by atoms with Gasteiger partial charge in [0.05, 0.1) is 12.1 Å². The molecule has 102 valence electrons. The molecule has 6 heteroatoms. The summed E-state index contributed by atoms with van der Waals surface area (Å²) in [5.74, 6) is 1.40. The summed E-state index contributed by atoms with van der Waals surface area (Å²) in [7, 11) is 0. The van der Waals surface area contributed by atoms with Crippen LogP contribution in [0, 0.1) is 0 Å². The van der Waals surface area contributed by atoms with E-state index in [0.29, 0.717) is 18.1 Å². The number of nitrogens with zero attached hydrogens (tertiary/aromatic N) is 4. The maximum absolute atomic E-state index is 5.90. The van der Waals surface area contributed by atoms with Crippen LogP contribution in [0.2, 0.25) is 0 Å². The van der Waals surface area contributed by atoms with Crippen molar-refractivity contribution < 1.29 is 4.74 Å². The molecule has 6 nitrogen and oxygen atoms in total. The topological polar surface area (TPSA) is 78.8 Å². The summed E-state index contributed by atoms with van der Waals surface area (Å²) in [6.07, 6.45) is 0. The van der Waals surface area contributed by atoms with Crippen molar-refractivity contribution in [3.63, 3.8) is 0 Å². The van der Waals surface area contributed by atoms with E-state index >= 15 is 0 Å². The molecule has 0 fully saturated rings. The van der Waals surface area contributed by atoms with Crippen molar-refractivity contribution in [1.29, 1.82) is 0 Å². The average Bonchev–Trinajstić information content (AvgIpc) is 2.76. The quantitative estimate of drug-likeness (QED) is 0.856. The average molecular weight is 261 g/mol. The molecule has 0 amide bonds. The van der Waals surface area contributed by atoms with Gasteiger partial charge >= 0.3 is 0 Å². The van der Waals surface area contributed by atoms with Gasteiger partial charge in [0.15, 0.2) is 5.82 Å². The SMILES string of the molecule is CCOc1cc(N)cc(-c2nnnn2C(C)(C)C)c1. The molecule has 0 aliphatic carbocycles. The van der Waals surface area contributed by atoms with Gasteiger partial charge in [0.25, 0.3) is 0 Å². The van der Waals surface area contributed by atoms with Gasteiger partial charge in [-0.1, -0.05) is 0 Å². The summed E-state index contributed by atoms with van der Waals surface area (Å²) in [5.41, 5.74) is 7.18. The first-order valence-corrected chi connectivity index (χ1v) is 6.24. The van der Waals surface area contributed by atoms with Crippen LogP contribution in [0.5, 0.6) is 5.75 Å². The number of nitrogen functional groups attached to an aromatic ring is 1. The number of hydrogen-bond donors (Lipinski definition) is 1. The minimum atomic E-state index is -0.199. The lowest BCUT2D eigenvalue weighted by Crippen LogP contribution is -2.24. The van der Waals surface area contributed by atoms with Crippen molar-refractivity contribution in [2.24, 2.45) is 0 Å². The number of benzene rings is 1. The Hall–Kier alpha value is -2.11. The van der Waals surface area contributed by atoms with Gasteiger partial charge in [0, 0.05) is 17.3 Å². The first kappa shape index (κ1) is 13.3. The number of aromatic nitrogens is 4. The summed E-state index contributed by atoms with van der Waals surface area (Å²) in [6, 6.07) is 5.53. The molecule has 0 bridgehead atoms. The van der Waals surface area contributed by atoms with E-state index in [0.717, 1.165) is 11.3 Å². The van der Waals surface area contributed by atoms with Gasteiger partial charge in [-0.2, -0.15) is 0 Å². The Morgan fingerprint density at radius 1 is 1.26 bits per heavy atom. The maximum Gasteiger partial charge on any atom is 0.182 e. The van der Waals surface area contributed by atoms with Crippen molar-refractivity contribution in [2.75, 3.05) is 12.3 Å². The molecule has 0 spiro atoms. The zero-order valence-electron chi connectivity index (χ0n) is 11.7. The van der Waals surface area contributed by atoms with Gasteiger partial charge in [-0.3, -0.25) is 0 Å². The Morgan fingerprint density at radius 3 is 2.63 bits per heavy atom. The Kier molecular flexibility index (Phi) is 3.42. The second kappa shape index (κ2) is 4.87. The summed E-state index contributed by atoms with van der Waals surface area (Å²) >= 11 is 0. The van der Waals surface area contributed by atoms with E-state index in [4.69, 9.17) is 10.5 Å². The van der Waals surface area contributed by atoms with Crippen molar-refractivity contribution in [1.82, 2.24) is 20.2 Å². The van der Waals surface area contributed by atoms with Gasteiger partial charge < -0.3 is 10.5 Å². The van der Waals surface area contributed by atoms with Crippen LogP contribution < -0.4 is 10.5 Å². The molecule has 1 heterocycles. The summed E-state index contributed by atoms with van der Waals surface area (Å²) in [4.78, 5) is 0. The third-order valence-corrected chi connectivity index (χ3v) is 2.60. The molecule has 1 aromatic carbocycles. The number of tetrazole rings is 1. The van der Waals surface area contributed by atoms with Crippen molar-refractivity contribution in [3.05, 3.63) is 18.2 Å². The Morgan fingerprint density at radius 2 is 2.00 bits per heavy atom. The standard InChI is InChI=1S/C13H19N5O/c1-5-19-11-7-9(6-10(14)8-11)12-15-16-17-18(12)13(2,3)4/h6-8H,5,14H2,1-4H3. The normalized spacial score (nSPS) is 11.6. The molecule has 0 aliphatic rings. The number of ether oxygens (including phenoxy) is 1. The van der Waals surface area contributed by atoms with Crippen LogP contribution in [0.3, 0.4) is 0 Å². The number of hydrogen-bond acceptors (Lipinski definition) is 5. The van der Waals surface area contributed by atoms with Gasteiger partial charge in [0.2, 0.25) is 0 Å². The second-order valence-corrected chi connectivity index (χ2v) is 5.31. The lowest BCUT2D eigenvalue weighted by Gasteiger charge is -2.20. The third-order valence-electron chi connectivity index (χ3n) is 2.60. The van der Waals surface area contributed by atoms with Gasteiger partial charge in [-0.15, -0.1) is 5.10 Å². The molecular weight excluding hydrogens is 242 g/mol. The van der Waals surface area contributed by atoms with E-state index in [-0.39, 0.29) is 5.54 Å². The first-order chi connectivity index (χ1) is 8.91. The van der Waals surface area contributed by atoms with Crippen LogP contribution in [-0.2, 0) is 5.54 Å². The minimum absolute atomic E-state index is 0.199. The predicted molar refractivity (Wildman–Crippen MR) is 73.8 cm³/mol. The zero-order chi connectivity index (χ0) is 14.0. The van der Waals surface area contributed by atoms with E-state index in [1.54, 1.807) is 10.7 Å². The zero-order valence-corrected chi connectivity index (χ0v) is 11.7. The molecule has 0 unspecified atom stereocenters. The van der Waals surface area contributed by atoms with Crippen LogP contribution in [-0.4, -0.2) is 26.8 Å². The van der Waals surface area contributed by atoms with Crippen molar-refractivity contribution >= 4 is 5.69 Å². The lowest BCUT2D eigenvalue weighted by atomic mass is 10.1. The fourth-order valence-corrected chi connectivity index (χ4v) is 1.82. The maximum atomic E-state index is 5.90. The molecule has 0 aliphatic heterocycles. The van der Waals surface area contributed by atoms with Crippen LogP contribution >= 0.6 is 0 Å². The smallest absolute Gasteiger partial charge is 0.182 e. The third kappa shape index (κ3) is 2.83. The molecule has 19 heavy (non-hydrogen) atoms. The summed E-state index contributed by atoms with van der Waals surface area (Å²) < 4.78 is 7.27. The van der Waals surface area contributed by atoms with E-state index < -0.39 is 0 Å². The highest BCUT2D eigenvalue weighted by molar-refractivity contribution is 5.64. The summed E-state index contributed by atoms with van der Waals surface area (Å²) in [6.45, 7) is 8.66. The molecule has 0 atom stereocenters. The van der Waals surface area contributed by atoms with Crippen molar-refractivity contribution in [3.8, 4) is 17.1 Å². The largest absolute Gasteiger partial charge is 0.494 e. The monoisotopic (exact) mass is 261 g/mol. The molecule has 0 saturated carbocycles. The second-order valence-electron chi connectivity index (χ2n) is 5.31. The van der Waals surface area contributed by atoms with Gasteiger partial charge in [-0.25, -0.2) is 4.68 Å². The van der Waals surface area contributed by atoms with Gasteiger partial charge in [0.1, 0.15) is 5.75 Å². The molecule has 0 saturated heterocycles. The van der Waals surface area contributed by atoms with E-state index in [9.17, 15) is 0 Å². The number of nitrogens with two attached hydrogens (primary N) is 1. The van der Waals surface area contributed by atoms with E-state index in [1.165, 1.54) is 0 Å². The lowest BCUT2D eigenvalue weighted by molar-refractivity contribution is 0.340. The fourth-order valence-electron chi connectivity index (χ4n) is 1.82. The Labute approximate surface area is 112 Å². The molecule has 0 radical (unpaired) electrons. The highest BCUT2D eigenvalue weighted by Crippen LogP contribution is 2.28. The van der Waals surface area contributed by atoms with E-state index in [2.05, 4.69) is 15.5 Å².